The Hall–Kier alpha value is -4.41. The van der Waals surface area contributed by atoms with Gasteiger partial charge in [-0.3, -0.25) is 9.20 Å². The molecule has 1 saturated carbocycles. The van der Waals surface area contributed by atoms with E-state index in [-0.39, 0.29) is 54.7 Å². The Labute approximate surface area is 215 Å². The van der Waals surface area contributed by atoms with Crippen LogP contribution in [-0.2, 0) is 0 Å². The number of nitrogens with zero attached hydrogens (tertiary/aromatic N) is 5. The molecule has 1 fully saturated rings. The van der Waals surface area contributed by atoms with Crippen molar-refractivity contribution in [1.29, 1.82) is 0 Å². The highest BCUT2D eigenvalue weighted by atomic mass is 19.3. The summed E-state index contributed by atoms with van der Waals surface area (Å²) in [6.45, 7) is 1.93. The SMILES string of the molecule is Cc1cnc2ccc(-c3c(-c4ccc(F)cc4)nc(N)c4nc(C(=O)NC5CCC(F)(F)CC5)cn34)cn12. The van der Waals surface area contributed by atoms with Crippen molar-refractivity contribution < 1.29 is 18.0 Å². The number of rotatable bonds is 4. The molecule has 194 valence electrons. The summed E-state index contributed by atoms with van der Waals surface area (Å²) in [7, 11) is 0. The number of imidazole rings is 2. The van der Waals surface area contributed by atoms with Crippen molar-refractivity contribution in [2.24, 2.45) is 0 Å². The molecule has 0 unspecified atom stereocenters. The van der Waals surface area contributed by atoms with Gasteiger partial charge in [0.2, 0.25) is 5.92 Å². The van der Waals surface area contributed by atoms with Gasteiger partial charge in [0, 0.05) is 54.3 Å². The van der Waals surface area contributed by atoms with Crippen LogP contribution in [0.25, 0.3) is 33.8 Å². The molecule has 0 radical (unpaired) electrons. The molecule has 0 atom stereocenters. The van der Waals surface area contributed by atoms with E-state index >= 15 is 0 Å². The Morgan fingerprint density at radius 3 is 2.47 bits per heavy atom. The van der Waals surface area contributed by atoms with Gasteiger partial charge in [0.1, 0.15) is 17.2 Å². The number of amides is 1. The van der Waals surface area contributed by atoms with Crippen molar-refractivity contribution in [3.05, 3.63) is 72.2 Å². The predicted molar refractivity (Wildman–Crippen MR) is 136 cm³/mol. The van der Waals surface area contributed by atoms with E-state index in [0.29, 0.717) is 17.0 Å². The number of alkyl halides is 2. The van der Waals surface area contributed by atoms with E-state index in [1.807, 2.05) is 29.7 Å². The number of carbonyl (C=O) groups excluding carboxylic acids is 1. The third-order valence-corrected chi connectivity index (χ3v) is 7.00. The number of nitrogens with two attached hydrogens (primary N) is 1. The minimum absolute atomic E-state index is 0.0873. The Kier molecular flexibility index (Phi) is 5.59. The largest absolute Gasteiger partial charge is 0.381 e. The number of halogens is 3. The molecule has 4 aromatic heterocycles. The van der Waals surface area contributed by atoms with Crippen molar-refractivity contribution in [2.45, 2.75) is 44.6 Å². The summed E-state index contributed by atoms with van der Waals surface area (Å²) in [6, 6.07) is 9.28. The zero-order valence-corrected chi connectivity index (χ0v) is 20.5. The van der Waals surface area contributed by atoms with E-state index in [0.717, 1.165) is 16.9 Å². The topological polar surface area (TPSA) is 103 Å². The monoisotopic (exact) mass is 519 g/mol. The second kappa shape index (κ2) is 8.86. The normalized spacial score (nSPS) is 15.8. The molecule has 5 aromatic rings. The molecule has 38 heavy (non-hydrogen) atoms. The zero-order chi connectivity index (χ0) is 26.6. The second-order valence-electron chi connectivity index (χ2n) is 9.67. The molecular weight excluding hydrogens is 495 g/mol. The summed E-state index contributed by atoms with van der Waals surface area (Å²) in [4.78, 5) is 26.5. The Bertz CT molecular complexity index is 1680. The van der Waals surface area contributed by atoms with Gasteiger partial charge >= 0.3 is 0 Å². The Balaban J connectivity index is 1.48. The molecule has 11 heteroatoms. The van der Waals surface area contributed by atoms with Crippen molar-refractivity contribution in [2.75, 3.05) is 5.73 Å². The van der Waals surface area contributed by atoms with Crippen molar-refractivity contribution >= 4 is 23.0 Å². The molecular formula is C27H24F3N7O. The van der Waals surface area contributed by atoms with Crippen LogP contribution >= 0.6 is 0 Å². The zero-order valence-electron chi connectivity index (χ0n) is 20.5. The highest BCUT2D eigenvalue weighted by Gasteiger charge is 2.35. The van der Waals surface area contributed by atoms with Crippen molar-refractivity contribution in [1.82, 2.24) is 29.1 Å². The van der Waals surface area contributed by atoms with E-state index in [1.54, 1.807) is 28.9 Å². The first-order valence-electron chi connectivity index (χ1n) is 12.3. The summed E-state index contributed by atoms with van der Waals surface area (Å²) in [6.07, 6.45) is 5.09. The highest BCUT2D eigenvalue weighted by Crippen LogP contribution is 2.35. The van der Waals surface area contributed by atoms with Gasteiger partial charge < -0.3 is 15.5 Å². The van der Waals surface area contributed by atoms with E-state index in [1.165, 1.54) is 12.1 Å². The number of carbonyl (C=O) groups is 1. The molecule has 1 amide bonds. The third-order valence-electron chi connectivity index (χ3n) is 7.00. The van der Waals surface area contributed by atoms with Gasteiger partial charge in [-0.25, -0.2) is 28.1 Å². The standard InChI is InChI=1S/C27H24F3N7O/c1-15-12-32-21-7-4-17(13-36(15)21)23-22(16-2-5-18(28)6-3-16)35-24(31)25-34-20(14-37(23)25)26(38)33-19-8-10-27(29,30)11-9-19/h2-7,12-14,19H,8-11H2,1H3,(H2,31,35)(H,33,38). The smallest absolute Gasteiger partial charge is 0.271 e. The highest BCUT2D eigenvalue weighted by molar-refractivity contribution is 5.94. The van der Waals surface area contributed by atoms with Crippen molar-refractivity contribution in [3.63, 3.8) is 0 Å². The number of aromatic nitrogens is 5. The molecule has 8 nitrogen and oxygen atoms in total. The summed E-state index contributed by atoms with van der Waals surface area (Å²) in [5.41, 5.74) is 10.8. The number of aryl methyl sites for hydroxylation is 1. The minimum Gasteiger partial charge on any atom is -0.381 e. The van der Waals surface area contributed by atoms with Gasteiger partial charge in [-0.05, 0) is 56.2 Å². The number of pyridine rings is 1. The summed E-state index contributed by atoms with van der Waals surface area (Å²) in [5.74, 6) is -3.46. The van der Waals surface area contributed by atoms with Crippen LogP contribution in [0.15, 0.2) is 55.0 Å². The average Bonchev–Trinajstić information content (AvgIpc) is 3.50. The average molecular weight is 520 g/mol. The first-order valence-corrected chi connectivity index (χ1v) is 12.3. The number of fused-ring (bicyclic) bond motifs is 2. The van der Waals surface area contributed by atoms with Gasteiger partial charge in [-0.1, -0.05) is 0 Å². The second-order valence-corrected chi connectivity index (χ2v) is 9.67. The first-order chi connectivity index (χ1) is 18.2. The van der Waals surface area contributed by atoms with E-state index in [2.05, 4.69) is 20.3 Å². The Morgan fingerprint density at radius 1 is 1.03 bits per heavy atom. The van der Waals surface area contributed by atoms with E-state index < -0.39 is 11.8 Å². The molecule has 0 spiro atoms. The number of hydrogen-bond acceptors (Lipinski definition) is 5. The lowest BCUT2D eigenvalue weighted by Gasteiger charge is -2.28. The molecule has 0 aliphatic heterocycles. The number of nitrogen functional groups attached to an aromatic ring is 1. The fourth-order valence-electron chi connectivity index (χ4n) is 4.95. The van der Waals surface area contributed by atoms with Gasteiger partial charge in [-0.15, -0.1) is 0 Å². The lowest BCUT2D eigenvalue weighted by molar-refractivity contribution is -0.0399. The maximum Gasteiger partial charge on any atom is 0.271 e. The molecule has 6 rings (SSSR count). The van der Waals surface area contributed by atoms with Crippen LogP contribution in [-0.4, -0.2) is 41.6 Å². The fraction of sp³-hybridized carbons (Fsp3) is 0.259. The van der Waals surface area contributed by atoms with Gasteiger partial charge in [0.05, 0.1) is 11.4 Å². The number of anilines is 1. The van der Waals surface area contributed by atoms with E-state index in [4.69, 9.17) is 5.73 Å². The number of hydrogen-bond donors (Lipinski definition) is 2. The number of benzene rings is 1. The molecule has 1 aliphatic carbocycles. The molecule has 1 aliphatic rings. The number of nitrogens with one attached hydrogen (secondary N) is 1. The van der Waals surface area contributed by atoms with Crippen LogP contribution in [0.3, 0.4) is 0 Å². The first kappa shape index (κ1) is 24.0. The Morgan fingerprint density at radius 2 is 1.74 bits per heavy atom. The van der Waals surface area contributed by atoms with Crippen LogP contribution in [0.4, 0.5) is 19.0 Å². The summed E-state index contributed by atoms with van der Waals surface area (Å²) in [5, 5.41) is 2.83. The van der Waals surface area contributed by atoms with Gasteiger partial charge in [0.25, 0.3) is 5.91 Å². The quantitative estimate of drug-likeness (QED) is 0.346. The lowest BCUT2D eigenvalue weighted by atomic mass is 9.92. The van der Waals surface area contributed by atoms with Gasteiger partial charge in [0.15, 0.2) is 11.5 Å². The molecule has 0 bridgehead atoms. The third kappa shape index (κ3) is 4.23. The predicted octanol–water partition coefficient (Wildman–Crippen LogP) is 5.05. The fourth-order valence-corrected chi connectivity index (χ4v) is 4.95. The maximum absolute atomic E-state index is 13.7. The summed E-state index contributed by atoms with van der Waals surface area (Å²) < 4.78 is 44.4. The van der Waals surface area contributed by atoms with Crippen LogP contribution < -0.4 is 11.1 Å². The maximum atomic E-state index is 13.7. The van der Waals surface area contributed by atoms with Crippen LogP contribution in [0.5, 0.6) is 0 Å². The van der Waals surface area contributed by atoms with Gasteiger partial charge in [-0.2, -0.15) is 0 Å². The molecule has 3 N–H and O–H groups in total. The van der Waals surface area contributed by atoms with Crippen LogP contribution in [0, 0.1) is 12.7 Å². The van der Waals surface area contributed by atoms with Crippen molar-refractivity contribution in [3.8, 4) is 22.5 Å². The summed E-state index contributed by atoms with van der Waals surface area (Å²) >= 11 is 0. The molecule has 4 heterocycles. The molecule has 1 aromatic carbocycles. The van der Waals surface area contributed by atoms with Crippen LogP contribution in [0.1, 0.15) is 41.9 Å². The molecule has 0 saturated heterocycles. The van der Waals surface area contributed by atoms with Crippen LogP contribution in [0.2, 0.25) is 0 Å². The lowest BCUT2D eigenvalue weighted by Crippen LogP contribution is -2.40. The van der Waals surface area contributed by atoms with E-state index in [9.17, 15) is 18.0 Å². The minimum atomic E-state index is -2.69.